The molecular weight excluding hydrogens is 312 g/mol. The van der Waals surface area contributed by atoms with Crippen LogP contribution in [-0.4, -0.2) is 46.6 Å². The van der Waals surface area contributed by atoms with Gasteiger partial charge in [-0.1, -0.05) is 18.0 Å². The molecule has 1 saturated heterocycles. The van der Waals surface area contributed by atoms with E-state index >= 15 is 0 Å². The van der Waals surface area contributed by atoms with E-state index in [1.165, 1.54) is 38.5 Å². The molecule has 0 atom stereocenters. The summed E-state index contributed by atoms with van der Waals surface area (Å²) in [5.41, 5.74) is 0. The molecule has 21 heavy (non-hydrogen) atoms. The van der Waals surface area contributed by atoms with Gasteiger partial charge in [-0.3, -0.25) is 0 Å². The Morgan fingerprint density at radius 1 is 1.29 bits per heavy atom. The first-order chi connectivity index (χ1) is 10.0. The first kappa shape index (κ1) is 16.5. The van der Waals surface area contributed by atoms with Crippen LogP contribution in [0, 0.1) is 0 Å². The third-order valence-corrected chi connectivity index (χ3v) is 5.36. The first-order valence-corrected chi connectivity index (χ1v) is 8.94. The molecule has 118 valence electrons. The van der Waals surface area contributed by atoms with Crippen LogP contribution in [0.2, 0.25) is 5.02 Å². The molecule has 0 radical (unpaired) electrons. The number of benzene rings is 1. The van der Waals surface area contributed by atoms with E-state index in [2.05, 4.69) is 9.62 Å². The van der Waals surface area contributed by atoms with Crippen molar-refractivity contribution in [1.82, 2.24) is 9.62 Å². The minimum absolute atomic E-state index is 0.159. The van der Waals surface area contributed by atoms with E-state index in [1.54, 1.807) is 6.07 Å². The lowest BCUT2D eigenvalue weighted by Gasteiger charge is -2.26. The van der Waals surface area contributed by atoms with Crippen molar-refractivity contribution in [2.75, 3.05) is 33.3 Å². The Kier molecular flexibility index (Phi) is 5.87. The van der Waals surface area contributed by atoms with Gasteiger partial charge in [-0.25, -0.2) is 13.1 Å². The van der Waals surface area contributed by atoms with Crippen molar-refractivity contribution in [3.05, 3.63) is 23.2 Å². The average Bonchev–Trinajstić information content (AvgIpc) is 2.48. The number of nitrogens with one attached hydrogen (secondary N) is 1. The van der Waals surface area contributed by atoms with E-state index in [9.17, 15) is 8.42 Å². The summed E-state index contributed by atoms with van der Waals surface area (Å²) in [5.74, 6) is 0.462. The minimum atomic E-state index is -3.53. The van der Waals surface area contributed by atoms with Gasteiger partial charge in [-0.2, -0.15) is 0 Å². The van der Waals surface area contributed by atoms with Crippen molar-refractivity contribution >= 4 is 21.6 Å². The van der Waals surface area contributed by atoms with Crippen molar-refractivity contribution in [2.24, 2.45) is 0 Å². The molecular formula is C14H21ClN2O3S. The Bertz CT molecular complexity index is 572. The van der Waals surface area contributed by atoms with E-state index in [0.717, 1.165) is 19.6 Å². The molecule has 1 N–H and O–H groups in total. The Hall–Kier alpha value is -0.820. The smallest absolute Gasteiger partial charge is 0.240 e. The number of sulfonamides is 1. The van der Waals surface area contributed by atoms with Crippen LogP contribution in [0.3, 0.4) is 0 Å². The second kappa shape index (κ2) is 7.45. The summed E-state index contributed by atoms with van der Waals surface area (Å²) in [6, 6.07) is 4.46. The Labute approximate surface area is 131 Å². The molecule has 0 saturated carbocycles. The molecule has 1 aliphatic rings. The number of hydrogen-bond donors (Lipinski definition) is 1. The van der Waals surface area contributed by atoms with Crippen molar-refractivity contribution in [2.45, 2.75) is 24.2 Å². The number of methoxy groups -OCH3 is 1. The van der Waals surface area contributed by atoms with Crippen LogP contribution in [0.1, 0.15) is 19.3 Å². The highest BCUT2D eigenvalue weighted by Crippen LogP contribution is 2.26. The van der Waals surface area contributed by atoms with Gasteiger partial charge < -0.3 is 9.64 Å². The standard InChI is InChI=1S/C14H21ClN2O3S/c1-20-14-6-5-12(11-13(14)15)21(18,19)16-7-10-17-8-3-2-4-9-17/h5-6,11,16H,2-4,7-10H2,1H3. The normalized spacial score (nSPS) is 16.9. The lowest BCUT2D eigenvalue weighted by atomic mass is 10.1. The lowest BCUT2D eigenvalue weighted by molar-refractivity contribution is 0.233. The monoisotopic (exact) mass is 332 g/mol. The lowest BCUT2D eigenvalue weighted by Crippen LogP contribution is -2.37. The molecule has 0 bridgehead atoms. The van der Waals surface area contributed by atoms with E-state index in [-0.39, 0.29) is 9.92 Å². The van der Waals surface area contributed by atoms with Gasteiger partial charge in [0.05, 0.1) is 17.0 Å². The topological polar surface area (TPSA) is 58.6 Å². The molecule has 2 rings (SSSR count). The molecule has 0 spiro atoms. The summed E-state index contributed by atoms with van der Waals surface area (Å²) in [6.45, 7) is 3.25. The van der Waals surface area contributed by atoms with Crippen LogP contribution in [0.15, 0.2) is 23.1 Å². The molecule has 5 nitrogen and oxygen atoms in total. The maximum atomic E-state index is 12.2. The summed E-state index contributed by atoms with van der Waals surface area (Å²) < 4.78 is 32.0. The third-order valence-electron chi connectivity index (χ3n) is 3.60. The highest BCUT2D eigenvalue weighted by atomic mass is 35.5. The quantitative estimate of drug-likeness (QED) is 0.867. The van der Waals surface area contributed by atoms with Crippen molar-refractivity contribution in [3.8, 4) is 5.75 Å². The molecule has 1 aromatic rings. The molecule has 1 aromatic carbocycles. The van der Waals surface area contributed by atoms with E-state index in [4.69, 9.17) is 16.3 Å². The second-order valence-corrected chi connectivity index (χ2v) is 7.27. The van der Waals surface area contributed by atoms with Gasteiger partial charge in [0.15, 0.2) is 0 Å². The van der Waals surface area contributed by atoms with Crippen LogP contribution >= 0.6 is 11.6 Å². The van der Waals surface area contributed by atoms with E-state index < -0.39 is 10.0 Å². The molecule has 0 unspecified atom stereocenters. The predicted octanol–water partition coefficient (Wildman–Crippen LogP) is 2.11. The highest BCUT2D eigenvalue weighted by molar-refractivity contribution is 7.89. The summed E-state index contributed by atoms with van der Waals surface area (Å²) in [4.78, 5) is 2.44. The average molecular weight is 333 g/mol. The molecule has 0 aromatic heterocycles. The summed E-state index contributed by atoms with van der Waals surface area (Å²) in [7, 11) is -2.03. The van der Waals surface area contributed by atoms with E-state index in [1.807, 2.05) is 0 Å². The number of rotatable bonds is 6. The van der Waals surface area contributed by atoms with Gasteiger partial charge in [-0.15, -0.1) is 0 Å². The Balaban J connectivity index is 1.93. The fraction of sp³-hybridized carbons (Fsp3) is 0.571. The zero-order chi connectivity index (χ0) is 15.3. The van der Waals surface area contributed by atoms with Gasteiger partial charge in [0, 0.05) is 13.1 Å². The second-order valence-electron chi connectivity index (χ2n) is 5.10. The zero-order valence-electron chi connectivity index (χ0n) is 12.1. The van der Waals surface area contributed by atoms with Crippen LogP contribution in [0.25, 0.3) is 0 Å². The fourth-order valence-electron chi connectivity index (χ4n) is 2.42. The van der Waals surface area contributed by atoms with Gasteiger partial charge in [0.1, 0.15) is 5.75 Å². The van der Waals surface area contributed by atoms with Gasteiger partial charge in [0.25, 0.3) is 0 Å². The highest BCUT2D eigenvalue weighted by Gasteiger charge is 2.16. The van der Waals surface area contributed by atoms with E-state index in [0.29, 0.717) is 12.3 Å². The zero-order valence-corrected chi connectivity index (χ0v) is 13.7. The van der Waals surface area contributed by atoms with Crippen LogP contribution < -0.4 is 9.46 Å². The van der Waals surface area contributed by atoms with Crippen LogP contribution in [-0.2, 0) is 10.0 Å². The third kappa shape index (κ3) is 4.57. The Morgan fingerprint density at radius 3 is 2.62 bits per heavy atom. The molecule has 0 aliphatic carbocycles. The van der Waals surface area contributed by atoms with Gasteiger partial charge >= 0.3 is 0 Å². The number of halogens is 1. The van der Waals surface area contributed by atoms with Crippen LogP contribution in [0.4, 0.5) is 0 Å². The maximum absolute atomic E-state index is 12.2. The maximum Gasteiger partial charge on any atom is 0.240 e. The first-order valence-electron chi connectivity index (χ1n) is 7.08. The largest absolute Gasteiger partial charge is 0.495 e. The number of ether oxygens (including phenoxy) is 1. The van der Waals surface area contributed by atoms with Crippen LogP contribution in [0.5, 0.6) is 5.75 Å². The van der Waals surface area contributed by atoms with Crippen molar-refractivity contribution in [1.29, 1.82) is 0 Å². The molecule has 0 amide bonds. The molecule has 1 heterocycles. The van der Waals surface area contributed by atoms with Crippen molar-refractivity contribution < 1.29 is 13.2 Å². The predicted molar refractivity (Wildman–Crippen MR) is 83.5 cm³/mol. The van der Waals surface area contributed by atoms with Gasteiger partial charge in [0.2, 0.25) is 10.0 Å². The number of nitrogens with zero attached hydrogens (tertiary/aromatic N) is 1. The van der Waals surface area contributed by atoms with Crippen molar-refractivity contribution in [3.63, 3.8) is 0 Å². The van der Waals surface area contributed by atoms with Gasteiger partial charge in [-0.05, 0) is 44.1 Å². The molecule has 1 aliphatic heterocycles. The SMILES string of the molecule is COc1ccc(S(=O)(=O)NCCN2CCCCC2)cc1Cl. The fourth-order valence-corrected chi connectivity index (χ4v) is 3.79. The minimum Gasteiger partial charge on any atom is -0.495 e. The summed E-state index contributed by atoms with van der Waals surface area (Å²) >= 11 is 5.97. The number of piperidine rings is 1. The summed E-state index contributed by atoms with van der Waals surface area (Å²) in [6.07, 6.45) is 3.66. The summed E-state index contributed by atoms with van der Waals surface area (Å²) in [5, 5.41) is 0.288. The molecule has 7 heteroatoms. The Morgan fingerprint density at radius 2 is 2.00 bits per heavy atom. The number of likely N-dealkylation sites (tertiary alicyclic amines) is 1. The number of hydrogen-bond acceptors (Lipinski definition) is 4. The molecule has 1 fully saturated rings.